The molecule has 0 spiro atoms. The van der Waals surface area contributed by atoms with Crippen LogP contribution >= 0.6 is 0 Å². The smallest absolute Gasteiger partial charge is 0.233 e. The van der Waals surface area contributed by atoms with Crippen molar-refractivity contribution in [2.24, 2.45) is 0 Å². The molecule has 14 nitrogen and oxygen atoms in total. The summed E-state index contributed by atoms with van der Waals surface area (Å²) < 4.78 is 27.9. The van der Waals surface area contributed by atoms with Gasteiger partial charge in [-0.15, -0.1) is 0 Å². The number of anilines is 2. The topological polar surface area (TPSA) is 150 Å². The summed E-state index contributed by atoms with van der Waals surface area (Å²) in [7, 11) is 6.44. The van der Waals surface area contributed by atoms with Gasteiger partial charge in [-0.1, -0.05) is 12.1 Å². The molecule has 0 bridgehead atoms. The lowest BCUT2D eigenvalue weighted by atomic mass is 10.1. The molecule has 0 amide bonds. The van der Waals surface area contributed by atoms with Crippen LogP contribution in [0.25, 0.3) is 32.8 Å². The summed E-state index contributed by atoms with van der Waals surface area (Å²) in [6.07, 6.45) is 6.37. The largest absolute Gasteiger partial charge is 0.493 e. The first-order chi connectivity index (χ1) is 25.1. The maximum atomic E-state index is 10.2. The van der Waals surface area contributed by atoms with E-state index in [-0.39, 0.29) is 0 Å². The van der Waals surface area contributed by atoms with Gasteiger partial charge in [0.1, 0.15) is 29.9 Å². The number of rotatable bonds is 8. The second-order valence-electron chi connectivity index (χ2n) is 13.4. The maximum absolute atomic E-state index is 10.2. The Hall–Kier alpha value is -5.76. The van der Waals surface area contributed by atoms with Crippen LogP contribution < -0.4 is 33.5 Å². The van der Waals surface area contributed by atoms with Gasteiger partial charge in [0.2, 0.25) is 5.88 Å². The summed E-state index contributed by atoms with van der Waals surface area (Å²) in [5.41, 5.74) is 2.19. The Kier molecular flexibility index (Phi) is 9.40. The van der Waals surface area contributed by atoms with E-state index in [1.165, 1.54) is 6.33 Å². The predicted molar refractivity (Wildman–Crippen MR) is 198 cm³/mol. The van der Waals surface area contributed by atoms with Crippen LogP contribution in [0, 0.1) is 0 Å². The number of fused-ring (bicyclic) bond motifs is 3. The van der Waals surface area contributed by atoms with E-state index in [1.807, 2.05) is 55.5 Å². The second kappa shape index (κ2) is 14.1. The number of aliphatic hydroxyl groups is 1. The Morgan fingerprint density at radius 3 is 1.67 bits per heavy atom. The third kappa shape index (κ3) is 6.93. The van der Waals surface area contributed by atoms with Gasteiger partial charge >= 0.3 is 0 Å². The van der Waals surface area contributed by atoms with E-state index >= 15 is 0 Å². The highest BCUT2D eigenvalue weighted by molar-refractivity contribution is 5.93. The van der Waals surface area contributed by atoms with E-state index in [1.54, 1.807) is 41.0 Å². The van der Waals surface area contributed by atoms with Crippen molar-refractivity contribution in [1.82, 2.24) is 29.9 Å². The third-order valence-electron chi connectivity index (χ3n) is 9.50. The quantitative estimate of drug-likeness (QED) is 0.220. The van der Waals surface area contributed by atoms with Crippen LogP contribution in [0.1, 0.15) is 26.7 Å². The van der Waals surface area contributed by atoms with Crippen LogP contribution in [0.4, 0.5) is 11.6 Å². The summed E-state index contributed by atoms with van der Waals surface area (Å²) in [6.45, 7) is 6.75. The minimum atomic E-state index is -0.673. The van der Waals surface area contributed by atoms with Gasteiger partial charge in [-0.2, -0.15) is 0 Å². The lowest BCUT2D eigenvalue weighted by molar-refractivity contribution is 0.0839. The zero-order valence-corrected chi connectivity index (χ0v) is 30.2. The Labute approximate surface area is 301 Å². The molecule has 8 rings (SSSR count). The highest BCUT2D eigenvalue weighted by Gasteiger charge is 2.38. The fourth-order valence-electron chi connectivity index (χ4n) is 6.81. The molecule has 2 saturated heterocycles. The van der Waals surface area contributed by atoms with Crippen LogP contribution in [-0.2, 0) is 0 Å². The summed E-state index contributed by atoms with van der Waals surface area (Å²) in [5, 5.41) is 12.0. The minimum Gasteiger partial charge on any atom is -0.493 e. The number of β-amino-alcohol motifs (C(OH)–C–C–N with tert-alkyl or cyclic N) is 1. The van der Waals surface area contributed by atoms with Gasteiger partial charge in [0, 0.05) is 49.0 Å². The monoisotopic (exact) mass is 706 g/mol. The number of aromatic nitrogens is 6. The molecule has 6 aromatic rings. The zero-order chi connectivity index (χ0) is 36.5. The number of ether oxygens (including phenoxy) is 5. The lowest BCUT2D eigenvalue weighted by Gasteiger charge is -2.26. The molecular formula is C38H42N8O6. The normalized spacial score (nSPS) is 19.8. The molecule has 0 saturated carbocycles. The molecule has 2 fully saturated rings. The highest BCUT2D eigenvalue weighted by Crippen LogP contribution is 2.38. The van der Waals surface area contributed by atoms with Crippen molar-refractivity contribution in [2.45, 2.75) is 37.9 Å². The first kappa shape index (κ1) is 34.7. The van der Waals surface area contributed by atoms with Crippen molar-refractivity contribution in [3.63, 3.8) is 0 Å². The van der Waals surface area contributed by atoms with Gasteiger partial charge in [0.25, 0.3) is 0 Å². The van der Waals surface area contributed by atoms with E-state index < -0.39 is 11.2 Å². The summed E-state index contributed by atoms with van der Waals surface area (Å²) in [6, 6.07) is 15.3. The van der Waals surface area contributed by atoms with Crippen molar-refractivity contribution in [1.29, 1.82) is 0 Å². The van der Waals surface area contributed by atoms with Crippen LogP contribution in [0.3, 0.4) is 0 Å². The number of hydrogen-bond acceptors (Lipinski definition) is 14. The van der Waals surface area contributed by atoms with Gasteiger partial charge < -0.3 is 38.6 Å². The molecule has 3 aromatic carbocycles. The van der Waals surface area contributed by atoms with Crippen molar-refractivity contribution in [3.8, 4) is 28.9 Å². The molecule has 1 N–H and O–H groups in total. The van der Waals surface area contributed by atoms with Crippen LogP contribution in [0.2, 0.25) is 0 Å². The Morgan fingerprint density at radius 2 is 1.13 bits per heavy atom. The van der Waals surface area contributed by atoms with Crippen molar-refractivity contribution < 1.29 is 28.8 Å². The predicted octanol–water partition coefficient (Wildman–Crippen LogP) is 5.25. The van der Waals surface area contributed by atoms with E-state index in [2.05, 4.69) is 46.6 Å². The van der Waals surface area contributed by atoms with Gasteiger partial charge in [-0.05, 0) is 44.5 Å². The van der Waals surface area contributed by atoms with E-state index in [9.17, 15) is 5.11 Å². The molecular weight excluding hydrogens is 664 g/mol. The van der Waals surface area contributed by atoms with E-state index in [0.717, 1.165) is 70.4 Å². The summed E-state index contributed by atoms with van der Waals surface area (Å²) in [4.78, 5) is 31.0. The molecule has 2 aliphatic heterocycles. The van der Waals surface area contributed by atoms with Crippen LogP contribution in [-0.4, -0.2) is 101 Å². The molecule has 5 heterocycles. The number of benzene rings is 3. The van der Waals surface area contributed by atoms with Crippen molar-refractivity contribution in [2.75, 3.05) is 64.4 Å². The van der Waals surface area contributed by atoms with Crippen LogP contribution in [0.5, 0.6) is 28.9 Å². The number of para-hydroxylation sites is 2. The molecule has 52 heavy (non-hydrogen) atoms. The average molecular weight is 707 g/mol. The molecule has 0 aliphatic carbocycles. The number of hydrogen-bond donors (Lipinski definition) is 1. The lowest BCUT2D eigenvalue weighted by Crippen LogP contribution is -2.36. The molecule has 2 atom stereocenters. The minimum absolute atomic E-state index is 0.412. The first-order valence-corrected chi connectivity index (χ1v) is 17.0. The van der Waals surface area contributed by atoms with Gasteiger partial charge in [-0.3, -0.25) is 0 Å². The van der Waals surface area contributed by atoms with Gasteiger partial charge in [-0.25, -0.2) is 29.9 Å². The van der Waals surface area contributed by atoms with Crippen molar-refractivity contribution in [3.05, 3.63) is 67.4 Å². The first-order valence-electron chi connectivity index (χ1n) is 17.0. The van der Waals surface area contributed by atoms with Gasteiger partial charge in [0.05, 0.1) is 68.8 Å². The third-order valence-corrected chi connectivity index (χ3v) is 9.50. The Morgan fingerprint density at radius 1 is 0.615 bits per heavy atom. The fourth-order valence-corrected chi connectivity index (χ4v) is 6.81. The highest BCUT2D eigenvalue weighted by atomic mass is 16.5. The standard InChI is InChI=1S/C23H23N5O3.C15H19N3O3/c1-23(31-21-12-24-16-6-4-5-7-17(16)27-21)8-9-28(13-23)22-15-10-19(29-2)20(30-3)11-18(15)25-14-26-22;1-15(19)4-5-18(8-15)14-10-6-12(20-2)13(21-3)7-11(10)16-9-17-14/h4-7,10-12,14H,8-9,13H2,1-3H3;6-7,9,19H,4-5,8H2,1-3H3. The second-order valence-corrected chi connectivity index (χ2v) is 13.4. The Bertz CT molecular complexity index is 2240. The summed E-state index contributed by atoms with van der Waals surface area (Å²) in [5.74, 6) is 4.78. The maximum Gasteiger partial charge on any atom is 0.233 e. The van der Waals surface area contributed by atoms with E-state index in [4.69, 9.17) is 23.7 Å². The summed E-state index contributed by atoms with van der Waals surface area (Å²) >= 11 is 0. The Balaban J connectivity index is 0.000000175. The number of nitrogens with zero attached hydrogens (tertiary/aromatic N) is 8. The zero-order valence-electron chi connectivity index (χ0n) is 30.2. The molecule has 3 aromatic heterocycles. The van der Waals surface area contributed by atoms with Crippen LogP contribution in [0.15, 0.2) is 67.4 Å². The van der Waals surface area contributed by atoms with Gasteiger partial charge in [0.15, 0.2) is 23.0 Å². The molecule has 2 unspecified atom stereocenters. The number of methoxy groups -OCH3 is 4. The fraction of sp³-hybridized carbons (Fsp3) is 0.368. The van der Waals surface area contributed by atoms with Crippen molar-refractivity contribution >= 4 is 44.5 Å². The molecule has 14 heteroatoms. The molecule has 0 radical (unpaired) electrons. The average Bonchev–Trinajstić information content (AvgIpc) is 3.74. The molecule has 2 aliphatic rings. The molecule has 270 valence electrons. The van der Waals surface area contributed by atoms with E-state index in [0.29, 0.717) is 42.0 Å². The SMILES string of the molecule is COc1cc2ncnc(N3CCC(C)(O)C3)c2cc1OC.COc1cc2ncnc(N3CCC(C)(Oc4cnc5ccccc5n4)C3)c2cc1OC.